The Morgan fingerprint density at radius 2 is 1.93 bits per heavy atom. The largest absolute Gasteiger partial charge is 0.493 e. The highest BCUT2D eigenvalue weighted by Gasteiger charge is 2.32. The highest BCUT2D eigenvalue weighted by atomic mass is 35.5. The Balaban J connectivity index is 1.62. The molecule has 1 amide bonds. The van der Waals surface area contributed by atoms with Crippen LogP contribution in [0, 0.1) is 0 Å². The molecule has 7 heteroatoms. The van der Waals surface area contributed by atoms with Gasteiger partial charge >= 0.3 is 0 Å². The minimum absolute atomic E-state index is 0.0234. The number of amides is 1. The molecule has 30 heavy (non-hydrogen) atoms. The highest BCUT2D eigenvalue weighted by Crippen LogP contribution is 2.41. The molecule has 1 atom stereocenters. The van der Waals surface area contributed by atoms with E-state index in [2.05, 4.69) is 0 Å². The molecule has 0 spiro atoms. The number of likely N-dealkylation sites (tertiary alicyclic amines) is 1. The van der Waals surface area contributed by atoms with Gasteiger partial charge in [0.2, 0.25) is 0 Å². The lowest BCUT2D eigenvalue weighted by molar-refractivity contribution is 0.0734. The van der Waals surface area contributed by atoms with Crippen LogP contribution in [0.3, 0.4) is 0 Å². The van der Waals surface area contributed by atoms with Crippen molar-refractivity contribution in [3.63, 3.8) is 0 Å². The standard InChI is InChI=1S/C23H26ClNO5/c1-14(2)30-22-17(24)11-16(13-21(22)27-3)23(26)25-8-4-5-18(25)15-6-7-19-20(12-15)29-10-9-28-19/h6-7,11-14,18H,4-5,8-10H2,1-3H3. The number of nitrogens with zero attached hydrogens (tertiary/aromatic N) is 1. The summed E-state index contributed by atoms with van der Waals surface area (Å²) in [6, 6.07) is 9.25. The monoisotopic (exact) mass is 431 g/mol. The number of rotatable bonds is 5. The Bertz CT molecular complexity index is 945. The van der Waals surface area contributed by atoms with Crippen molar-refractivity contribution in [3.8, 4) is 23.0 Å². The summed E-state index contributed by atoms with van der Waals surface area (Å²) in [4.78, 5) is 15.3. The Hall–Kier alpha value is -2.60. The van der Waals surface area contributed by atoms with Gasteiger partial charge in [-0.25, -0.2) is 0 Å². The summed E-state index contributed by atoms with van der Waals surface area (Å²) >= 11 is 6.43. The fourth-order valence-electron chi connectivity index (χ4n) is 3.98. The zero-order valence-electron chi connectivity index (χ0n) is 17.4. The number of carbonyl (C=O) groups is 1. The Morgan fingerprint density at radius 1 is 1.17 bits per heavy atom. The van der Waals surface area contributed by atoms with Crippen molar-refractivity contribution in [3.05, 3.63) is 46.5 Å². The maximum absolute atomic E-state index is 13.4. The molecule has 4 rings (SSSR count). The van der Waals surface area contributed by atoms with E-state index in [1.165, 1.54) is 0 Å². The molecule has 2 aromatic rings. The van der Waals surface area contributed by atoms with E-state index in [-0.39, 0.29) is 18.1 Å². The zero-order chi connectivity index (χ0) is 21.3. The summed E-state index contributed by atoms with van der Waals surface area (Å²) in [5.41, 5.74) is 1.53. The topological polar surface area (TPSA) is 57.2 Å². The second kappa shape index (κ2) is 8.64. The third-order valence-corrected chi connectivity index (χ3v) is 5.58. The maximum Gasteiger partial charge on any atom is 0.254 e. The normalized spacial score (nSPS) is 17.9. The molecule has 0 bridgehead atoms. The van der Waals surface area contributed by atoms with Gasteiger partial charge in [0.25, 0.3) is 5.91 Å². The summed E-state index contributed by atoms with van der Waals surface area (Å²) < 4.78 is 22.5. The van der Waals surface area contributed by atoms with Gasteiger partial charge in [0, 0.05) is 12.1 Å². The van der Waals surface area contributed by atoms with Crippen LogP contribution >= 0.6 is 11.6 Å². The number of benzene rings is 2. The Labute approximate surface area is 181 Å². The molecule has 0 aliphatic carbocycles. The number of methoxy groups -OCH3 is 1. The number of fused-ring (bicyclic) bond motifs is 1. The van der Waals surface area contributed by atoms with Crippen molar-refractivity contribution in [1.29, 1.82) is 0 Å². The zero-order valence-corrected chi connectivity index (χ0v) is 18.2. The van der Waals surface area contributed by atoms with E-state index in [9.17, 15) is 4.79 Å². The van der Waals surface area contributed by atoms with E-state index in [1.54, 1.807) is 19.2 Å². The molecule has 2 aliphatic heterocycles. The first kappa shape index (κ1) is 20.7. The molecule has 2 heterocycles. The van der Waals surface area contributed by atoms with E-state index >= 15 is 0 Å². The van der Waals surface area contributed by atoms with Crippen LogP contribution in [0.5, 0.6) is 23.0 Å². The smallest absolute Gasteiger partial charge is 0.254 e. The molecule has 160 valence electrons. The maximum atomic E-state index is 13.4. The number of hydrogen-bond donors (Lipinski definition) is 0. The minimum atomic E-state index is -0.0799. The molecule has 0 radical (unpaired) electrons. The van der Waals surface area contributed by atoms with Gasteiger partial charge < -0.3 is 23.8 Å². The van der Waals surface area contributed by atoms with Crippen LogP contribution in [0.25, 0.3) is 0 Å². The first-order valence-corrected chi connectivity index (χ1v) is 10.6. The predicted octanol–water partition coefficient (Wildman–Crippen LogP) is 4.88. The van der Waals surface area contributed by atoms with Crippen LogP contribution in [0.1, 0.15) is 48.7 Å². The van der Waals surface area contributed by atoms with E-state index in [0.717, 1.165) is 29.9 Å². The van der Waals surface area contributed by atoms with Crippen molar-refractivity contribution in [2.45, 2.75) is 38.8 Å². The molecule has 0 aromatic heterocycles. The molecule has 2 aliphatic rings. The van der Waals surface area contributed by atoms with Crippen LogP contribution in [0.2, 0.25) is 5.02 Å². The van der Waals surface area contributed by atoms with E-state index < -0.39 is 0 Å². The first-order chi connectivity index (χ1) is 14.5. The highest BCUT2D eigenvalue weighted by molar-refractivity contribution is 6.32. The summed E-state index contributed by atoms with van der Waals surface area (Å²) in [6.45, 7) is 5.60. The second-order valence-corrected chi connectivity index (χ2v) is 8.12. The van der Waals surface area contributed by atoms with Gasteiger partial charge in [-0.1, -0.05) is 17.7 Å². The Kier molecular flexibility index (Phi) is 5.95. The molecule has 2 aromatic carbocycles. The lowest BCUT2D eigenvalue weighted by Crippen LogP contribution is -2.30. The van der Waals surface area contributed by atoms with Gasteiger partial charge in [-0.2, -0.15) is 0 Å². The number of hydrogen-bond acceptors (Lipinski definition) is 5. The summed E-state index contributed by atoms with van der Waals surface area (Å²) in [7, 11) is 1.54. The van der Waals surface area contributed by atoms with Crippen molar-refractivity contribution in [2.75, 3.05) is 26.9 Å². The van der Waals surface area contributed by atoms with E-state index in [0.29, 0.717) is 41.8 Å². The number of carbonyl (C=O) groups excluding carboxylic acids is 1. The predicted molar refractivity (Wildman–Crippen MR) is 114 cm³/mol. The molecule has 1 unspecified atom stereocenters. The van der Waals surface area contributed by atoms with Crippen LogP contribution in [-0.2, 0) is 0 Å². The quantitative estimate of drug-likeness (QED) is 0.675. The van der Waals surface area contributed by atoms with Crippen LogP contribution < -0.4 is 18.9 Å². The average Bonchev–Trinajstić information content (AvgIpc) is 3.23. The third kappa shape index (κ3) is 4.01. The third-order valence-electron chi connectivity index (χ3n) is 5.29. The summed E-state index contributed by atoms with van der Waals surface area (Å²) in [5.74, 6) is 2.31. The fourth-order valence-corrected chi connectivity index (χ4v) is 4.24. The number of halogens is 1. The first-order valence-electron chi connectivity index (χ1n) is 10.2. The van der Waals surface area contributed by atoms with Crippen LogP contribution in [0.15, 0.2) is 30.3 Å². The molecule has 0 N–H and O–H groups in total. The fraction of sp³-hybridized carbons (Fsp3) is 0.435. The Morgan fingerprint density at radius 3 is 2.67 bits per heavy atom. The minimum Gasteiger partial charge on any atom is -0.493 e. The van der Waals surface area contributed by atoms with Gasteiger partial charge in [0.05, 0.1) is 24.3 Å². The SMILES string of the molecule is COc1cc(C(=O)N2CCCC2c2ccc3c(c2)OCCO3)cc(Cl)c1OC(C)C. The van der Waals surface area contributed by atoms with Gasteiger partial charge in [-0.05, 0) is 56.5 Å². The molecule has 1 fully saturated rings. The summed E-state index contributed by atoms with van der Waals surface area (Å²) in [6.07, 6.45) is 1.77. The number of ether oxygens (including phenoxy) is 4. The van der Waals surface area contributed by atoms with Crippen molar-refractivity contribution < 1.29 is 23.7 Å². The molecule has 6 nitrogen and oxygen atoms in total. The van der Waals surface area contributed by atoms with Crippen LogP contribution in [-0.4, -0.2) is 43.8 Å². The summed E-state index contributed by atoms with van der Waals surface area (Å²) in [5, 5.41) is 0.362. The van der Waals surface area contributed by atoms with E-state index in [4.69, 9.17) is 30.5 Å². The van der Waals surface area contributed by atoms with Crippen molar-refractivity contribution >= 4 is 17.5 Å². The van der Waals surface area contributed by atoms with Gasteiger partial charge in [-0.3, -0.25) is 4.79 Å². The average molecular weight is 432 g/mol. The molecule has 1 saturated heterocycles. The van der Waals surface area contributed by atoms with Gasteiger partial charge in [-0.15, -0.1) is 0 Å². The van der Waals surface area contributed by atoms with Gasteiger partial charge in [0.1, 0.15) is 13.2 Å². The lowest BCUT2D eigenvalue weighted by Gasteiger charge is -2.27. The lowest BCUT2D eigenvalue weighted by atomic mass is 10.0. The molecular weight excluding hydrogens is 406 g/mol. The van der Waals surface area contributed by atoms with Crippen LogP contribution in [0.4, 0.5) is 0 Å². The van der Waals surface area contributed by atoms with E-state index in [1.807, 2.05) is 36.9 Å². The second-order valence-electron chi connectivity index (χ2n) is 7.72. The van der Waals surface area contributed by atoms with Crippen molar-refractivity contribution in [2.24, 2.45) is 0 Å². The molecular formula is C23H26ClNO5. The van der Waals surface area contributed by atoms with Gasteiger partial charge in [0.15, 0.2) is 23.0 Å². The molecule has 0 saturated carbocycles. The van der Waals surface area contributed by atoms with Crippen molar-refractivity contribution in [1.82, 2.24) is 4.90 Å².